The summed E-state index contributed by atoms with van der Waals surface area (Å²) in [6, 6.07) is 31.7. The van der Waals surface area contributed by atoms with Gasteiger partial charge in [-0.1, -0.05) is 30.3 Å². The maximum absolute atomic E-state index is 7.32. The van der Waals surface area contributed by atoms with Crippen LogP contribution in [0, 0.1) is 11.3 Å². The molecule has 5 aromatic heterocycles. The van der Waals surface area contributed by atoms with Gasteiger partial charge in [-0.15, -0.1) is 0 Å². The fraction of sp³-hybridized carbons (Fsp3) is 0.161. The molecule has 0 amide bonds. The molecule has 1 radical (unpaired) electrons. The number of hydrogen-bond donors (Lipinski definition) is 0. The van der Waals surface area contributed by atoms with Gasteiger partial charge in [0.05, 0.1) is 51.1 Å². The Kier molecular flexibility index (Phi) is 14.6. The molecule has 0 N–H and O–H groups in total. The van der Waals surface area contributed by atoms with E-state index in [1.165, 1.54) is 6.92 Å². The summed E-state index contributed by atoms with van der Waals surface area (Å²) in [5, 5.41) is 7.32. The molecule has 0 aromatic carbocycles. The Morgan fingerprint density at radius 2 is 0.750 bits per heavy atom. The van der Waals surface area contributed by atoms with Gasteiger partial charge in [0.25, 0.3) is 0 Å². The van der Waals surface area contributed by atoms with Crippen LogP contribution in [0.1, 0.15) is 54.9 Å². The molecule has 6 nitrogen and oxygen atoms in total. The maximum Gasteiger partial charge on any atom is 0.0939 e. The average molecular weight is 789 g/mol. The van der Waals surface area contributed by atoms with Gasteiger partial charge in [0, 0.05) is 50.3 Å². The molecule has 0 bridgehead atoms. The molecule has 0 atom stereocenters. The van der Waals surface area contributed by atoms with Crippen molar-refractivity contribution in [1.29, 1.82) is 5.26 Å². The fourth-order valence-electron chi connectivity index (χ4n) is 4.41. The van der Waals surface area contributed by atoms with Crippen LogP contribution in [0.4, 0.5) is 0 Å². The Morgan fingerprint density at radius 1 is 0.500 bits per heavy atom. The number of pyridine rings is 5. The van der Waals surface area contributed by atoms with Crippen molar-refractivity contribution in [3.05, 3.63) is 150 Å². The van der Waals surface area contributed by atoms with Crippen LogP contribution in [0.3, 0.4) is 0 Å². The van der Waals surface area contributed by atoms with Gasteiger partial charge < -0.3 is 48.0 Å². The smallest absolute Gasteiger partial charge is 0.0939 e. The minimum Gasteiger partial charge on any atom is -1.00 e. The summed E-state index contributed by atoms with van der Waals surface area (Å²) < 4.78 is 0. The second kappa shape index (κ2) is 16.5. The summed E-state index contributed by atoms with van der Waals surface area (Å²) in [4.78, 5) is 24.1. The third-order valence-electron chi connectivity index (χ3n) is 6.48. The van der Waals surface area contributed by atoms with Crippen molar-refractivity contribution in [1.82, 2.24) is 24.9 Å². The third-order valence-corrected chi connectivity index (χ3v) is 6.48. The molecule has 0 aliphatic carbocycles. The van der Waals surface area contributed by atoms with E-state index in [9.17, 15) is 0 Å². The zero-order valence-electron chi connectivity index (χ0n) is 22.4. The summed E-state index contributed by atoms with van der Waals surface area (Å²) in [6.45, 7) is 5.69. The van der Waals surface area contributed by atoms with E-state index in [2.05, 4.69) is 13.8 Å². The molecule has 5 rings (SSSR count). The van der Waals surface area contributed by atoms with Crippen LogP contribution in [-0.4, -0.2) is 24.9 Å². The number of aromatic nitrogens is 5. The third kappa shape index (κ3) is 7.32. The van der Waals surface area contributed by atoms with Gasteiger partial charge in [0.1, 0.15) is 0 Å². The molecule has 5 aromatic rings. The molecule has 5 heterocycles. The first-order valence-corrected chi connectivity index (χ1v) is 12.0. The normalized spacial score (nSPS) is 10.2. The van der Waals surface area contributed by atoms with E-state index >= 15 is 0 Å². The molecular weight excluding hydrogens is 761 g/mol. The Hall–Kier alpha value is -2.72. The van der Waals surface area contributed by atoms with E-state index in [4.69, 9.17) is 30.2 Å². The number of rotatable bonds is 6. The Labute approximate surface area is 282 Å². The Morgan fingerprint density at radius 3 is 0.975 bits per heavy atom. The van der Waals surface area contributed by atoms with Crippen molar-refractivity contribution >= 4 is 0 Å². The monoisotopic (exact) mass is 789 g/mol. The predicted molar refractivity (Wildman–Crippen MR) is 144 cm³/mol. The van der Waals surface area contributed by atoms with Crippen molar-refractivity contribution in [2.75, 3.05) is 0 Å². The minimum atomic E-state index is -0.645. The van der Waals surface area contributed by atoms with Gasteiger partial charge in [-0.05, 0) is 74.5 Å². The fourth-order valence-corrected chi connectivity index (χ4v) is 4.41. The van der Waals surface area contributed by atoms with Crippen LogP contribution in [0.25, 0.3) is 0 Å². The largest absolute Gasteiger partial charge is 1.00 e. The van der Waals surface area contributed by atoms with Crippen LogP contribution < -0.4 is 48.0 Å². The summed E-state index contributed by atoms with van der Waals surface area (Å²) in [6.07, 6.45) is 7.25. The van der Waals surface area contributed by atoms with Crippen LogP contribution >= 0.6 is 0 Å². The molecule has 9 heteroatoms. The standard InChI is InChI=1S/C29H25N5.C2H3N.2HI.V/c1-28(22-12-3-7-18-30-22,23-13-4-8-19-31-23)26-16-11-17-27(34-26)29(2,24-14-5-9-20-32-24)25-15-6-10-21-33-25;1-2-3;;;/h3-21H,1-2H3;1H3;2*1H;/p-2. The van der Waals surface area contributed by atoms with Gasteiger partial charge in [0.2, 0.25) is 0 Å². The SMILES string of the molecule is CC#N.CC(c1ccccn1)(c1ccccn1)c1cccc(C(C)(c2ccccn2)c2ccccn2)n1.[I-].[I-].[V]. The van der Waals surface area contributed by atoms with Crippen LogP contribution in [-0.2, 0) is 29.4 Å². The zero-order chi connectivity index (χ0) is 26.1. The molecule has 0 saturated heterocycles. The average Bonchev–Trinajstić information content (AvgIpc) is 2.98. The van der Waals surface area contributed by atoms with Gasteiger partial charge in [0.15, 0.2) is 0 Å². The van der Waals surface area contributed by atoms with E-state index in [-0.39, 0.29) is 66.5 Å². The van der Waals surface area contributed by atoms with Crippen LogP contribution in [0.5, 0.6) is 0 Å². The van der Waals surface area contributed by atoms with Gasteiger partial charge in [-0.3, -0.25) is 24.9 Å². The Balaban J connectivity index is 0.00000128. The first kappa shape index (κ1) is 35.3. The van der Waals surface area contributed by atoms with Crippen LogP contribution in [0.15, 0.2) is 116 Å². The van der Waals surface area contributed by atoms with Gasteiger partial charge >= 0.3 is 0 Å². The topological polar surface area (TPSA) is 88.2 Å². The quantitative estimate of drug-likeness (QED) is 0.224. The molecule has 203 valence electrons. The second-order valence-corrected chi connectivity index (χ2v) is 8.74. The van der Waals surface area contributed by atoms with Crippen molar-refractivity contribution in [3.63, 3.8) is 0 Å². The number of hydrogen-bond acceptors (Lipinski definition) is 6. The summed E-state index contributed by atoms with van der Waals surface area (Å²) in [5.74, 6) is 0. The summed E-state index contributed by atoms with van der Waals surface area (Å²) in [5.41, 5.74) is 3.97. The molecule has 0 unspecified atom stereocenters. The van der Waals surface area contributed by atoms with Crippen molar-refractivity contribution in [3.8, 4) is 6.07 Å². The molecular formula is C31H28I2N6V-2. The second-order valence-electron chi connectivity index (χ2n) is 8.74. The Bertz CT molecular complexity index is 1280. The zero-order valence-corrected chi connectivity index (χ0v) is 28.1. The van der Waals surface area contributed by atoms with E-state index in [1.54, 1.807) is 6.07 Å². The van der Waals surface area contributed by atoms with E-state index in [0.29, 0.717) is 0 Å². The molecule has 0 aliphatic rings. The van der Waals surface area contributed by atoms with Crippen LogP contribution in [0.2, 0.25) is 0 Å². The number of nitriles is 1. The predicted octanol–water partition coefficient (Wildman–Crippen LogP) is -0.0944. The van der Waals surface area contributed by atoms with E-state index in [1.807, 2.05) is 116 Å². The molecule has 0 fully saturated rings. The van der Waals surface area contributed by atoms with E-state index < -0.39 is 10.8 Å². The molecule has 0 saturated carbocycles. The van der Waals surface area contributed by atoms with Crippen molar-refractivity contribution in [2.45, 2.75) is 31.6 Å². The molecule has 0 spiro atoms. The summed E-state index contributed by atoms with van der Waals surface area (Å²) >= 11 is 0. The molecule has 0 aliphatic heterocycles. The summed E-state index contributed by atoms with van der Waals surface area (Å²) in [7, 11) is 0. The number of halogens is 2. The van der Waals surface area contributed by atoms with Crippen molar-refractivity contribution in [2.24, 2.45) is 0 Å². The van der Waals surface area contributed by atoms with Crippen molar-refractivity contribution < 1.29 is 66.5 Å². The number of nitrogens with zero attached hydrogens (tertiary/aromatic N) is 6. The molecule has 40 heavy (non-hydrogen) atoms. The minimum absolute atomic E-state index is 0. The first-order chi connectivity index (χ1) is 18.0. The first-order valence-electron chi connectivity index (χ1n) is 12.0. The van der Waals surface area contributed by atoms with E-state index in [0.717, 1.165) is 34.2 Å². The van der Waals surface area contributed by atoms with Gasteiger partial charge in [-0.25, -0.2) is 0 Å². The maximum atomic E-state index is 7.32. The van der Waals surface area contributed by atoms with Gasteiger partial charge in [-0.2, -0.15) is 5.26 Å².